The van der Waals surface area contributed by atoms with Crippen molar-refractivity contribution in [2.45, 2.75) is 10.8 Å². The van der Waals surface area contributed by atoms with E-state index in [1.54, 1.807) is 0 Å². The van der Waals surface area contributed by atoms with Crippen LogP contribution >= 0.6 is 0 Å². The Bertz CT molecular complexity index is 10300. The van der Waals surface area contributed by atoms with E-state index in [2.05, 4.69) is 517 Å². The first-order valence-corrected chi connectivity index (χ1v) is 50.2. The molecule has 0 fully saturated rings. The van der Waals surface area contributed by atoms with Crippen molar-refractivity contribution in [2.75, 3.05) is 19.6 Å². The van der Waals surface area contributed by atoms with E-state index in [4.69, 9.17) is 17.7 Å². The third-order valence-electron chi connectivity index (χ3n) is 32.1. The van der Waals surface area contributed by atoms with Gasteiger partial charge in [-0.3, -0.25) is 0 Å². The number of rotatable bonds is 13. The largest absolute Gasteiger partial charge is 0.456 e. The summed E-state index contributed by atoms with van der Waals surface area (Å²) < 4.78 is 29.4. The van der Waals surface area contributed by atoms with E-state index in [0.717, 1.165) is 227 Å². The molecule has 0 N–H and O–H groups in total. The second kappa shape index (κ2) is 30.6. The summed E-state index contributed by atoms with van der Waals surface area (Å²) in [5, 5.41) is 16.8. The van der Waals surface area contributed by atoms with Gasteiger partial charge >= 0.3 is 0 Å². The molecule has 8 heteroatoms. The lowest BCUT2D eigenvalue weighted by molar-refractivity contribution is 0.669. The second-order valence-corrected chi connectivity index (χ2v) is 39.4. The van der Waals surface area contributed by atoms with Crippen LogP contribution in [0.25, 0.3) is 186 Å². The quantitative estimate of drug-likeness (QED) is 0.113. The first kappa shape index (κ1) is 80.5. The van der Waals surface area contributed by atoms with Crippen molar-refractivity contribution in [3.63, 3.8) is 0 Å². The summed E-state index contributed by atoms with van der Waals surface area (Å²) in [4.78, 5) is 9.82. The van der Waals surface area contributed by atoms with Crippen LogP contribution in [0.1, 0.15) is 44.5 Å². The molecule has 0 radical (unpaired) electrons. The fourth-order valence-electron chi connectivity index (χ4n) is 26.2. The van der Waals surface area contributed by atoms with Crippen LogP contribution in [-0.2, 0) is 10.8 Å². The fraction of sp³-hybridized carbons (Fsp3) is 0.0145. The molecule has 0 atom stereocenters. The summed E-state index contributed by atoms with van der Waals surface area (Å²) >= 11 is 0. The second-order valence-electron chi connectivity index (χ2n) is 39.4. The Kier molecular flexibility index (Phi) is 16.9. The van der Waals surface area contributed by atoms with Crippen LogP contribution in [0.3, 0.4) is 0 Å². The minimum atomic E-state index is -0.833. The zero-order chi connectivity index (χ0) is 95.3. The number of hydrogen-bond donors (Lipinski definition) is 0. The van der Waals surface area contributed by atoms with Gasteiger partial charge in [0.05, 0.1) is 44.4 Å². The number of fused-ring (bicyclic) bond motifs is 41. The maximum atomic E-state index is 7.57. The van der Waals surface area contributed by atoms with Gasteiger partial charge in [-0.15, -0.1) is 0 Å². The number of anilines is 12. The van der Waals surface area contributed by atoms with Gasteiger partial charge in [0.15, 0.2) is 0 Å². The number of hydrogen-bond acceptors (Lipinski definition) is 8. The number of benzene rings is 24. The van der Waals surface area contributed by atoms with Crippen molar-refractivity contribution >= 4 is 199 Å². The molecule has 0 saturated heterocycles. The Morgan fingerprint density at radius 3 is 0.932 bits per heavy atom. The van der Waals surface area contributed by atoms with Gasteiger partial charge in [0.25, 0.3) is 0 Å². The minimum absolute atomic E-state index is 0.807. The van der Waals surface area contributed by atoms with Gasteiger partial charge in [-0.25, -0.2) is 0 Å². The summed E-state index contributed by atoms with van der Waals surface area (Å²) in [7, 11) is 0. The van der Waals surface area contributed by atoms with Gasteiger partial charge in [0.1, 0.15) is 44.7 Å². The molecule has 4 aromatic heterocycles. The Morgan fingerprint density at radius 2 is 0.479 bits per heavy atom. The zero-order valence-electron chi connectivity index (χ0n) is 78.8. The maximum absolute atomic E-state index is 7.57. The van der Waals surface area contributed by atoms with E-state index in [-0.39, 0.29) is 0 Å². The molecule has 0 saturated carbocycles. The van der Waals surface area contributed by atoms with Gasteiger partial charge in [0, 0.05) is 99.4 Å². The number of para-hydroxylation sites is 10. The molecule has 4 aliphatic rings. The van der Waals surface area contributed by atoms with Crippen molar-refractivity contribution in [1.82, 2.24) is 0 Å². The Morgan fingerprint density at radius 1 is 0.151 bits per heavy atom. The first-order chi connectivity index (χ1) is 72.4. The summed E-state index contributed by atoms with van der Waals surface area (Å²) in [6.07, 6.45) is 0. The molecule has 0 bridgehead atoms. The molecule has 28 aromatic rings. The molecule has 8 nitrogen and oxygen atoms in total. The first-order valence-electron chi connectivity index (χ1n) is 50.2. The lowest BCUT2D eigenvalue weighted by atomic mass is 9.70. The van der Waals surface area contributed by atoms with Crippen LogP contribution in [0.5, 0.6) is 0 Å². The average molecular weight is 1860 g/mol. The molecule has 0 amide bonds. The van der Waals surface area contributed by atoms with Crippen molar-refractivity contribution in [3.05, 3.63) is 542 Å². The van der Waals surface area contributed by atoms with Crippen molar-refractivity contribution < 1.29 is 17.7 Å². The van der Waals surface area contributed by atoms with E-state index < -0.39 is 10.8 Å². The molecular weight excluding hydrogens is 1780 g/mol. The SMILES string of the molecule is c1ccc(N(c2ccc(-c3cccc(N(c4ccccc4)c4cc5cc6c(cc5c5oc7ccccc7c45)-c4c(cc(N(c5ccccc5)c5ccccc5)c5c4ccc4c7ccccc7oc45)C64c5ccccc5-c5ccccc54)c3)cc2)c2cc3c(c4cc5oc6ccccc6c5cc24)-c2cc4c(cc2C32c3ccccc3-c3ccccc32)cc(N(c2ccccc2)c2ccccc2)c2c3ccccc3oc42)cc1. The highest BCUT2D eigenvalue weighted by Crippen LogP contribution is 2.70. The summed E-state index contributed by atoms with van der Waals surface area (Å²) in [5.41, 5.74) is 38.6. The molecule has 2 spiro atoms. The van der Waals surface area contributed by atoms with Crippen LogP contribution in [0.4, 0.5) is 68.2 Å². The van der Waals surface area contributed by atoms with Crippen LogP contribution < -0.4 is 19.6 Å². The zero-order valence-corrected chi connectivity index (χ0v) is 78.8. The van der Waals surface area contributed by atoms with Crippen molar-refractivity contribution in [2.24, 2.45) is 0 Å². The van der Waals surface area contributed by atoms with Gasteiger partial charge < -0.3 is 37.3 Å². The normalized spacial score (nSPS) is 13.2. The minimum Gasteiger partial charge on any atom is -0.456 e. The predicted molar refractivity (Wildman–Crippen MR) is 602 cm³/mol. The molecule has 4 heterocycles. The highest BCUT2D eigenvalue weighted by Gasteiger charge is 2.56. The molecule has 24 aromatic carbocycles. The van der Waals surface area contributed by atoms with E-state index in [0.29, 0.717) is 0 Å². The highest BCUT2D eigenvalue weighted by molar-refractivity contribution is 6.29. The molecular formula is C138H82N4O4. The van der Waals surface area contributed by atoms with Gasteiger partial charge in [-0.05, 0) is 310 Å². The monoisotopic (exact) mass is 1860 g/mol. The third-order valence-corrected chi connectivity index (χ3v) is 32.1. The standard InChI is InChI=1S/C138H82N4O4/c1-7-37-87(38-8-1)139(120-81-118-130(109-80-128-108(79-107(109)120)100-55-24-31-62-124(100)143-128)111-78-106-85(74-117(111)137(118)112-58-27-19-50-95(112)96-51-20-28-59-113(96)137)75-121(131-102-56-25-33-64-126(102)145-135(106)131)140(88-39-9-2-10-40-88)89-41-11-3-12-42-89)93-68-66-83(67-69-93)84-36-35-49-94(72-84)142(92-47-17-6-18-48-92)122-76-86-73-116-110(77-105(86)136-132(122)103-57-26-34-65-127(103)146-136)129-104-71-70-101-99-54-23-32-63-125(99)144-134(101)133(104)123(141(90-43-13-4-14-44-90)91-45-15-5-16-46-91)82-119(129)138(116)114-60-29-21-52-97(114)98-53-22-30-61-115(98)138/h1-82H. The summed E-state index contributed by atoms with van der Waals surface area (Å²) in [6, 6.07) is 184. The molecule has 32 rings (SSSR count). The summed E-state index contributed by atoms with van der Waals surface area (Å²) in [5.74, 6) is 0. The lowest BCUT2D eigenvalue weighted by Gasteiger charge is -2.33. The Hall–Kier alpha value is -19.3. The van der Waals surface area contributed by atoms with Gasteiger partial charge in [-0.2, -0.15) is 0 Å². The van der Waals surface area contributed by atoms with Crippen molar-refractivity contribution in [3.8, 4) is 55.6 Å². The van der Waals surface area contributed by atoms with Gasteiger partial charge in [0.2, 0.25) is 0 Å². The molecule has 146 heavy (non-hydrogen) atoms. The van der Waals surface area contributed by atoms with Crippen LogP contribution in [0.15, 0.2) is 515 Å². The maximum Gasteiger partial charge on any atom is 0.145 e. The Labute approximate surface area is 838 Å². The van der Waals surface area contributed by atoms with E-state index in [1.807, 2.05) is 0 Å². The highest BCUT2D eigenvalue weighted by atomic mass is 16.3. The predicted octanol–water partition coefficient (Wildman–Crippen LogP) is 38.1. The van der Waals surface area contributed by atoms with E-state index in [9.17, 15) is 0 Å². The van der Waals surface area contributed by atoms with Crippen LogP contribution in [0, 0.1) is 0 Å². The van der Waals surface area contributed by atoms with Crippen LogP contribution in [-0.4, -0.2) is 0 Å². The van der Waals surface area contributed by atoms with Crippen molar-refractivity contribution in [1.29, 1.82) is 0 Å². The molecule has 0 aliphatic heterocycles. The summed E-state index contributed by atoms with van der Waals surface area (Å²) in [6.45, 7) is 0. The average Bonchev–Trinajstić information content (AvgIpc) is 1.49. The molecule has 4 aliphatic carbocycles. The van der Waals surface area contributed by atoms with Gasteiger partial charge in [-0.1, -0.05) is 309 Å². The third kappa shape index (κ3) is 11.2. The molecule has 0 unspecified atom stereocenters. The molecule has 678 valence electrons. The Balaban J connectivity index is 0.595. The fourth-order valence-corrected chi connectivity index (χ4v) is 26.2. The smallest absolute Gasteiger partial charge is 0.145 e. The van der Waals surface area contributed by atoms with Crippen LogP contribution in [0.2, 0.25) is 0 Å². The number of furan rings is 4. The lowest BCUT2D eigenvalue weighted by Crippen LogP contribution is -2.26. The topological polar surface area (TPSA) is 65.5 Å². The number of nitrogens with zero attached hydrogens (tertiary/aromatic N) is 4. The van der Waals surface area contributed by atoms with E-state index >= 15 is 0 Å². The van der Waals surface area contributed by atoms with E-state index in [1.165, 1.54) is 72.3 Å².